The minimum absolute atomic E-state index is 0.199. The van der Waals surface area contributed by atoms with Crippen LogP contribution in [0.1, 0.15) is 26.3 Å². The van der Waals surface area contributed by atoms with E-state index in [0.29, 0.717) is 19.3 Å². The molecule has 1 aromatic heterocycles. The Morgan fingerprint density at radius 1 is 1.39 bits per heavy atom. The third-order valence-corrected chi connectivity index (χ3v) is 4.16. The van der Waals surface area contributed by atoms with Gasteiger partial charge in [-0.25, -0.2) is 14.8 Å². The van der Waals surface area contributed by atoms with Crippen molar-refractivity contribution in [1.29, 1.82) is 0 Å². The first kappa shape index (κ1) is 18.1. The average molecular weight is 370 g/mol. The highest BCUT2D eigenvalue weighted by molar-refractivity contribution is 8.00. The molecule has 1 aromatic rings. The molecular weight excluding hydrogens is 355 g/mol. The number of carbonyl (C=O) groups excluding carboxylic acids is 1. The van der Waals surface area contributed by atoms with Gasteiger partial charge in [-0.1, -0.05) is 11.8 Å². The lowest BCUT2D eigenvalue weighted by molar-refractivity contribution is -0.140. The minimum atomic E-state index is -4.55. The largest absolute Gasteiger partial charge is 0.444 e. The Balaban J connectivity index is 1.98. The third kappa shape index (κ3) is 4.87. The lowest BCUT2D eigenvalue weighted by atomic mass is 10.2. The van der Waals surface area contributed by atoms with Gasteiger partial charge in [-0.2, -0.15) is 13.2 Å². The van der Waals surface area contributed by atoms with E-state index in [4.69, 9.17) is 16.3 Å². The fourth-order valence-electron chi connectivity index (χ4n) is 1.78. The number of likely N-dealkylation sites (tertiary alicyclic amines) is 1. The van der Waals surface area contributed by atoms with Gasteiger partial charge in [-0.05, 0) is 32.4 Å². The molecule has 128 valence electrons. The molecule has 0 unspecified atom stereocenters. The summed E-state index contributed by atoms with van der Waals surface area (Å²) in [5.41, 5.74) is -1.54. The summed E-state index contributed by atoms with van der Waals surface area (Å²) in [5, 5.41) is -0.676. The molecule has 1 aliphatic heterocycles. The molecule has 0 spiro atoms. The molecule has 1 aliphatic rings. The number of hydrogen-bond acceptors (Lipinski definition) is 5. The minimum Gasteiger partial charge on any atom is -0.444 e. The van der Waals surface area contributed by atoms with Crippen LogP contribution in [0.15, 0.2) is 11.2 Å². The predicted octanol–water partition coefficient (Wildman–Crippen LogP) is 3.86. The summed E-state index contributed by atoms with van der Waals surface area (Å²) in [7, 11) is 0. The Bertz CT molecular complexity index is 601. The van der Waals surface area contributed by atoms with Gasteiger partial charge in [0.1, 0.15) is 16.2 Å². The highest BCUT2D eigenvalue weighted by atomic mass is 35.5. The maximum atomic E-state index is 12.9. The van der Waals surface area contributed by atoms with Crippen LogP contribution < -0.4 is 0 Å². The van der Waals surface area contributed by atoms with Crippen molar-refractivity contribution in [2.75, 3.05) is 13.1 Å². The number of thioether (sulfide) groups is 1. The Hall–Kier alpha value is -1.22. The predicted molar refractivity (Wildman–Crippen MR) is 79.5 cm³/mol. The average Bonchev–Trinajstić information content (AvgIpc) is 2.29. The van der Waals surface area contributed by atoms with E-state index in [-0.39, 0.29) is 15.6 Å². The summed E-state index contributed by atoms with van der Waals surface area (Å²) in [6.45, 7) is 5.82. The maximum absolute atomic E-state index is 12.9. The highest BCUT2D eigenvalue weighted by Crippen LogP contribution is 2.39. The van der Waals surface area contributed by atoms with Crippen LogP contribution in [-0.4, -0.2) is 44.9 Å². The smallest absolute Gasteiger partial charge is 0.420 e. The van der Waals surface area contributed by atoms with Gasteiger partial charge in [0.2, 0.25) is 5.28 Å². The molecule has 0 radical (unpaired) electrons. The zero-order valence-corrected chi connectivity index (χ0v) is 14.2. The van der Waals surface area contributed by atoms with Gasteiger partial charge in [0, 0.05) is 24.5 Å². The van der Waals surface area contributed by atoms with E-state index in [1.54, 1.807) is 20.8 Å². The molecule has 0 bridgehead atoms. The first-order valence-electron chi connectivity index (χ1n) is 6.70. The van der Waals surface area contributed by atoms with E-state index < -0.39 is 23.4 Å². The normalized spacial score (nSPS) is 16.2. The number of nitrogens with zero attached hydrogens (tertiary/aromatic N) is 3. The zero-order chi connectivity index (χ0) is 17.4. The van der Waals surface area contributed by atoms with Crippen molar-refractivity contribution in [1.82, 2.24) is 14.9 Å². The molecule has 0 aromatic carbocycles. The summed E-state index contributed by atoms with van der Waals surface area (Å²) in [4.78, 5) is 20.2. The van der Waals surface area contributed by atoms with Gasteiger partial charge in [0.25, 0.3) is 0 Å². The van der Waals surface area contributed by atoms with Crippen molar-refractivity contribution >= 4 is 29.5 Å². The molecule has 0 aliphatic carbocycles. The van der Waals surface area contributed by atoms with Crippen molar-refractivity contribution < 1.29 is 22.7 Å². The van der Waals surface area contributed by atoms with Crippen molar-refractivity contribution in [2.24, 2.45) is 0 Å². The lowest BCUT2D eigenvalue weighted by Gasteiger charge is -2.39. The molecule has 0 N–H and O–H groups in total. The Morgan fingerprint density at radius 2 is 2.00 bits per heavy atom. The fourth-order valence-corrected chi connectivity index (χ4v) is 3.22. The van der Waals surface area contributed by atoms with Crippen LogP contribution in [0.3, 0.4) is 0 Å². The van der Waals surface area contributed by atoms with Crippen LogP contribution in [0, 0.1) is 0 Å². The fraction of sp³-hybridized carbons (Fsp3) is 0.615. The summed E-state index contributed by atoms with van der Waals surface area (Å²) in [6, 6.07) is 0. The Kier molecular flexibility index (Phi) is 5.00. The van der Waals surface area contributed by atoms with Crippen LogP contribution >= 0.6 is 23.4 Å². The van der Waals surface area contributed by atoms with Crippen LogP contribution in [-0.2, 0) is 10.9 Å². The number of hydrogen-bond donors (Lipinski definition) is 0. The number of rotatable bonds is 2. The van der Waals surface area contributed by atoms with E-state index in [9.17, 15) is 18.0 Å². The van der Waals surface area contributed by atoms with Gasteiger partial charge in [-0.15, -0.1) is 0 Å². The number of halogens is 4. The molecule has 5 nitrogen and oxygen atoms in total. The summed E-state index contributed by atoms with van der Waals surface area (Å²) >= 11 is 6.51. The quantitative estimate of drug-likeness (QED) is 0.585. The van der Waals surface area contributed by atoms with E-state index in [1.165, 1.54) is 4.90 Å². The molecule has 2 rings (SSSR count). The maximum Gasteiger partial charge on any atom is 0.420 e. The van der Waals surface area contributed by atoms with Gasteiger partial charge in [-0.3, -0.25) is 0 Å². The Morgan fingerprint density at radius 3 is 2.52 bits per heavy atom. The molecule has 1 amide bonds. The van der Waals surface area contributed by atoms with Gasteiger partial charge in [0.05, 0.1) is 0 Å². The molecule has 0 atom stereocenters. The number of alkyl halides is 3. The SMILES string of the molecule is CC(C)(C)OC(=O)N1CC(Sc2nc(Cl)ncc2C(F)(F)F)C1. The topological polar surface area (TPSA) is 55.3 Å². The van der Waals surface area contributed by atoms with E-state index in [0.717, 1.165) is 11.8 Å². The van der Waals surface area contributed by atoms with Crippen LogP contribution in [0.5, 0.6) is 0 Å². The van der Waals surface area contributed by atoms with Crippen molar-refractivity contribution in [3.63, 3.8) is 0 Å². The van der Waals surface area contributed by atoms with Crippen molar-refractivity contribution in [3.05, 3.63) is 17.0 Å². The van der Waals surface area contributed by atoms with E-state index in [1.807, 2.05) is 0 Å². The molecule has 0 saturated carbocycles. The first-order chi connectivity index (χ1) is 10.5. The van der Waals surface area contributed by atoms with Gasteiger partial charge < -0.3 is 9.64 Å². The lowest BCUT2D eigenvalue weighted by Crippen LogP contribution is -2.53. The monoisotopic (exact) mass is 369 g/mol. The highest BCUT2D eigenvalue weighted by Gasteiger charge is 2.39. The van der Waals surface area contributed by atoms with Crippen LogP contribution in [0.4, 0.5) is 18.0 Å². The molecule has 23 heavy (non-hydrogen) atoms. The molecule has 1 fully saturated rings. The van der Waals surface area contributed by atoms with Crippen LogP contribution in [0.2, 0.25) is 5.28 Å². The second-order valence-corrected chi connectivity index (χ2v) is 7.61. The zero-order valence-electron chi connectivity index (χ0n) is 12.6. The molecule has 1 saturated heterocycles. The number of amides is 1. The van der Waals surface area contributed by atoms with E-state index in [2.05, 4.69) is 9.97 Å². The summed E-state index contributed by atoms with van der Waals surface area (Å²) < 4.78 is 44.0. The summed E-state index contributed by atoms with van der Waals surface area (Å²) in [5.74, 6) is 0. The number of aromatic nitrogens is 2. The second kappa shape index (κ2) is 6.35. The molecule has 10 heteroatoms. The third-order valence-electron chi connectivity index (χ3n) is 2.81. The first-order valence-corrected chi connectivity index (χ1v) is 7.96. The van der Waals surface area contributed by atoms with Gasteiger partial charge in [0.15, 0.2) is 0 Å². The Labute approximate surface area is 140 Å². The second-order valence-electron chi connectivity index (χ2n) is 5.98. The molecular formula is C13H15ClF3N3O2S. The van der Waals surface area contributed by atoms with Crippen molar-refractivity contribution in [2.45, 2.75) is 42.8 Å². The number of ether oxygens (including phenoxy) is 1. The van der Waals surface area contributed by atoms with E-state index >= 15 is 0 Å². The van der Waals surface area contributed by atoms with Crippen molar-refractivity contribution in [3.8, 4) is 0 Å². The molecule has 2 heterocycles. The van der Waals surface area contributed by atoms with Crippen LogP contribution in [0.25, 0.3) is 0 Å². The summed E-state index contributed by atoms with van der Waals surface area (Å²) in [6.07, 6.45) is -4.37. The number of carbonyl (C=O) groups is 1. The standard InChI is InChI=1S/C13H15ClF3N3O2S/c1-12(2,3)22-11(21)20-5-7(6-20)23-9-8(13(15,16)17)4-18-10(14)19-9/h4,7H,5-6H2,1-3H3. The van der Waals surface area contributed by atoms with Gasteiger partial charge >= 0.3 is 12.3 Å².